The Morgan fingerprint density at radius 2 is 1.90 bits per heavy atom. The molecule has 0 aromatic heterocycles. The monoisotopic (exact) mass is 280 g/mol. The van der Waals surface area contributed by atoms with Crippen LogP contribution in [0.1, 0.15) is 12.0 Å². The van der Waals surface area contributed by atoms with Gasteiger partial charge >= 0.3 is 0 Å². The smallest absolute Gasteiger partial charge is 0.148 e. The largest absolute Gasteiger partial charge is 0.494 e. The molecule has 2 nitrogen and oxygen atoms in total. The van der Waals surface area contributed by atoms with Gasteiger partial charge in [-0.2, -0.15) is 0 Å². The summed E-state index contributed by atoms with van der Waals surface area (Å²) in [6.07, 6.45) is 1.95. The molecule has 4 heteroatoms. The number of ether oxygens (including phenoxy) is 2. The van der Waals surface area contributed by atoms with E-state index in [0.29, 0.717) is 19.6 Å². The van der Waals surface area contributed by atoms with E-state index < -0.39 is 18.1 Å². The minimum absolute atomic E-state index is 0.328. The summed E-state index contributed by atoms with van der Waals surface area (Å²) in [5.74, 6) is 0.338. The van der Waals surface area contributed by atoms with Crippen LogP contribution in [0.25, 0.3) is 0 Å². The van der Waals surface area contributed by atoms with Crippen LogP contribution in [0.15, 0.2) is 48.3 Å². The van der Waals surface area contributed by atoms with Crippen molar-refractivity contribution in [3.8, 4) is 5.75 Å². The van der Waals surface area contributed by atoms with Crippen molar-refractivity contribution in [2.75, 3.05) is 13.2 Å². The predicted octanol–water partition coefficient (Wildman–Crippen LogP) is 3.91. The first-order valence-corrected chi connectivity index (χ1v) is 6.66. The SMILES string of the molecule is Cc1ccc(OCCCOC2C=C(F)C=CC2F)cc1. The molecule has 0 saturated heterocycles. The van der Waals surface area contributed by atoms with Crippen LogP contribution in [0.2, 0.25) is 0 Å². The summed E-state index contributed by atoms with van der Waals surface area (Å²) in [6.45, 7) is 2.82. The van der Waals surface area contributed by atoms with E-state index in [2.05, 4.69) is 0 Å². The van der Waals surface area contributed by atoms with Gasteiger partial charge in [0.2, 0.25) is 0 Å². The van der Waals surface area contributed by atoms with Crippen LogP contribution >= 0.6 is 0 Å². The first-order chi connectivity index (χ1) is 9.65. The van der Waals surface area contributed by atoms with Gasteiger partial charge in [-0.1, -0.05) is 17.7 Å². The van der Waals surface area contributed by atoms with Crippen LogP contribution < -0.4 is 4.74 Å². The molecule has 1 aromatic carbocycles. The second-order valence-corrected chi connectivity index (χ2v) is 4.71. The molecule has 0 spiro atoms. The fourth-order valence-electron chi connectivity index (χ4n) is 1.84. The van der Waals surface area contributed by atoms with Crippen LogP contribution in [-0.2, 0) is 4.74 Å². The molecule has 0 bridgehead atoms. The molecule has 2 rings (SSSR count). The van der Waals surface area contributed by atoms with Gasteiger partial charge in [0.25, 0.3) is 0 Å². The zero-order chi connectivity index (χ0) is 14.4. The minimum atomic E-state index is -1.28. The molecule has 1 aliphatic rings. The number of benzene rings is 1. The van der Waals surface area contributed by atoms with E-state index >= 15 is 0 Å². The highest BCUT2D eigenvalue weighted by molar-refractivity contribution is 5.26. The maximum absolute atomic E-state index is 13.4. The molecule has 108 valence electrons. The first-order valence-electron chi connectivity index (χ1n) is 6.66. The van der Waals surface area contributed by atoms with Gasteiger partial charge in [0.1, 0.15) is 23.9 Å². The van der Waals surface area contributed by atoms with Gasteiger partial charge < -0.3 is 9.47 Å². The van der Waals surface area contributed by atoms with E-state index in [9.17, 15) is 8.78 Å². The van der Waals surface area contributed by atoms with Crippen LogP contribution in [0.4, 0.5) is 8.78 Å². The number of aryl methyl sites for hydroxylation is 1. The Morgan fingerprint density at radius 1 is 1.15 bits per heavy atom. The molecule has 1 aliphatic carbocycles. The quantitative estimate of drug-likeness (QED) is 0.735. The third kappa shape index (κ3) is 4.46. The van der Waals surface area contributed by atoms with Gasteiger partial charge in [0.15, 0.2) is 0 Å². The first kappa shape index (κ1) is 14.7. The highest BCUT2D eigenvalue weighted by Crippen LogP contribution is 2.18. The summed E-state index contributed by atoms with van der Waals surface area (Å²) in [5.41, 5.74) is 1.17. The van der Waals surface area contributed by atoms with E-state index in [1.165, 1.54) is 11.6 Å². The average molecular weight is 280 g/mol. The zero-order valence-corrected chi connectivity index (χ0v) is 11.4. The Balaban J connectivity index is 1.64. The highest BCUT2D eigenvalue weighted by Gasteiger charge is 2.20. The molecule has 2 atom stereocenters. The van der Waals surface area contributed by atoms with Gasteiger partial charge in [-0.3, -0.25) is 0 Å². The van der Waals surface area contributed by atoms with Crippen molar-refractivity contribution in [2.24, 2.45) is 0 Å². The van der Waals surface area contributed by atoms with E-state index in [1.807, 2.05) is 31.2 Å². The normalized spacial score (nSPS) is 21.6. The molecule has 0 fully saturated rings. The van der Waals surface area contributed by atoms with Crippen molar-refractivity contribution in [1.82, 2.24) is 0 Å². The molecular weight excluding hydrogens is 262 g/mol. The minimum Gasteiger partial charge on any atom is -0.494 e. The summed E-state index contributed by atoms with van der Waals surface area (Å²) in [7, 11) is 0. The fraction of sp³-hybridized carbons (Fsp3) is 0.375. The molecule has 1 aromatic rings. The van der Waals surface area contributed by atoms with Crippen molar-refractivity contribution in [1.29, 1.82) is 0 Å². The summed E-state index contributed by atoms with van der Waals surface area (Å²) < 4.78 is 37.1. The van der Waals surface area contributed by atoms with Crippen LogP contribution in [-0.4, -0.2) is 25.5 Å². The highest BCUT2D eigenvalue weighted by atomic mass is 19.1. The summed E-state index contributed by atoms with van der Waals surface area (Å²) >= 11 is 0. The lowest BCUT2D eigenvalue weighted by Gasteiger charge is -2.18. The summed E-state index contributed by atoms with van der Waals surface area (Å²) in [6, 6.07) is 7.75. The van der Waals surface area contributed by atoms with Gasteiger partial charge in [-0.15, -0.1) is 0 Å². The van der Waals surface area contributed by atoms with Gasteiger partial charge in [0, 0.05) is 6.42 Å². The van der Waals surface area contributed by atoms with Crippen LogP contribution in [0, 0.1) is 6.92 Å². The number of rotatable bonds is 6. The van der Waals surface area contributed by atoms with Gasteiger partial charge in [0.05, 0.1) is 13.2 Å². The zero-order valence-electron chi connectivity index (χ0n) is 11.4. The molecule has 0 N–H and O–H groups in total. The van der Waals surface area contributed by atoms with E-state index in [4.69, 9.17) is 9.47 Å². The number of alkyl halides is 1. The van der Waals surface area contributed by atoms with E-state index in [-0.39, 0.29) is 0 Å². The lowest BCUT2D eigenvalue weighted by molar-refractivity contribution is 0.0356. The van der Waals surface area contributed by atoms with E-state index in [1.54, 1.807) is 0 Å². The number of allylic oxidation sites excluding steroid dienone is 2. The van der Waals surface area contributed by atoms with Crippen molar-refractivity contribution >= 4 is 0 Å². The van der Waals surface area contributed by atoms with E-state index in [0.717, 1.165) is 17.9 Å². The average Bonchev–Trinajstić information content (AvgIpc) is 2.44. The Labute approximate surface area is 117 Å². The Hall–Kier alpha value is -1.68. The Bertz CT molecular complexity index is 480. The van der Waals surface area contributed by atoms with Crippen LogP contribution in [0.3, 0.4) is 0 Å². The third-order valence-corrected chi connectivity index (χ3v) is 2.97. The summed E-state index contributed by atoms with van der Waals surface area (Å²) in [4.78, 5) is 0. The predicted molar refractivity (Wildman–Crippen MR) is 74.3 cm³/mol. The Kier molecular flexibility index (Phi) is 5.30. The lowest BCUT2D eigenvalue weighted by atomic mass is 10.1. The standard InChI is InChI=1S/C16H18F2O2/c1-12-3-6-14(7-4-12)19-9-2-10-20-16-11-13(17)5-8-15(16)18/h3-8,11,15-16H,2,9-10H2,1H3. The molecule has 0 amide bonds. The molecule has 0 aliphatic heterocycles. The van der Waals surface area contributed by atoms with Crippen molar-refractivity contribution < 1.29 is 18.3 Å². The molecule has 0 saturated carbocycles. The van der Waals surface area contributed by atoms with Crippen molar-refractivity contribution in [2.45, 2.75) is 25.6 Å². The number of hydrogen-bond donors (Lipinski definition) is 0. The molecule has 2 unspecified atom stereocenters. The lowest BCUT2D eigenvalue weighted by Crippen LogP contribution is -2.25. The number of halogens is 2. The fourth-order valence-corrected chi connectivity index (χ4v) is 1.84. The van der Waals surface area contributed by atoms with Gasteiger partial charge in [-0.05, 0) is 37.3 Å². The summed E-state index contributed by atoms with van der Waals surface area (Å²) in [5, 5.41) is 0. The second-order valence-electron chi connectivity index (χ2n) is 4.71. The van der Waals surface area contributed by atoms with Crippen LogP contribution in [0.5, 0.6) is 5.75 Å². The Morgan fingerprint density at radius 3 is 2.65 bits per heavy atom. The van der Waals surface area contributed by atoms with Crippen molar-refractivity contribution in [3.05, 3.63) is 53.9 Å². The molecular formula is C16H18F2O2. The molecule has 20 heavy (non-hydrogen) atoms. The number of hydrogen-bond acceptors (Lipinski definition) is 2. The maximum atomic E-state index is 13.4. The topological polar surface area (TPSA) is 18.5 Å². The molecule has 0 heterocycles. The van der Waals surface area contributed by atoms with Gasteiger partial charge in [-0.25, -0.2) is 8.78 Å². The van der Waals surface area contributed by atoms with Crippen molar-refractivity contribution in [3.63, 3.8) is 0 Å². The second kappa shape index (κ2) is 7.20. The third-order valence-electron chi connectivity index (χ3n) is 2.97. The molecule has 0 radical (unpaired) electrons. The maximum Gasteiger partial charge on any atom is 0.148 e.